The number of nitrogens with zero attached hydrogens (tertiary/aromatic N) is 6. The number of allylic oxidation sites excluding steroid dienone is 4. The van der Waals surface area contributed by atoms with Crippen molar-refractivity contribution in [3.05, 3.63) is 63.9 Å². The van der Waals surface area contributed by atoms with Crippen molar-refractivity contribution in [2.75, 3.05) is 26.2 Å². The van der Waals surface area contributed by atoms with Crippen molar-refractivity contribution in [3.63, 3.8) is 0 Å². The fraction of sp³-hybridized carbons (Fsp3) is 0.591. The van der Waals surface area contributed by atoms with Crippen LogP contribution < -0.4 is 5.32 Å². The molecule has 0 spiro atoms. The number of hydrogen-bond acceptors (Lipinski definition) is 10. The van der Waals surface area contributed by atoms with Gasteiger partial charge in [0.2, 0.25) is 0 Å². The summed E-state index contributed by atoms with van der Waals surface area (Å²) in [6.07, 6.45) is 15.0. The summed E-state index contributed by atoms with van der Waals surface area (Å²) in [6.45, 7) is 7.22. The highest BCUT2D eigenvalue weighted by molar-refractivity contribution is 5.57. The number of aliphatic hydroxyl groups excluding tert-OH is 1. The summed E-state index contributed by atoms with van der Waals surface area (Å²) in [4.78, 5) is 39.2. The maximum absolute atomic E-state index is 11.2. The largest absolute Gasteiger partial charge is 0.395 e. The van der Waals surface area contributed by atoms with Gasteiger partial charge in [0.25, 0.3) is 0 Å². The van der Waals surface area contributed by atoms with Crippen LogP contribution in [0, 0.1) is 14.7 Å². The Labute approximate surface area is 193 Å². The predicted molar refractivity (Wildman–Crippen MR) is 128 cm³/mol. The number of nitroso groups, excluding NO2 is 3. The van der Waals surface area contributed by atoms with Crippen LogP contribution in [0.4, 0.5) is 0 Å². The van der Waals surface area contributed by atoms with E-state index in [2.05, 4.69) is 32.4 Å². The van der Waals surface area contributed by atoms with E-state index in [0.717, 1.165) is 43.6 Å². The van der Waals surface area contributed by atoms with E-state index in [-0.39, 0.29) is 13.2 Å². The number of piperidine rings is 1. The lowest BCUT2D eigenvalue weighted by molar-refractivity contribution is 0.0550. The molecule has 2 rings (SSSR count). The zero-order chi connectivity index (χ0) is 24.1. The van der Waals surface area contributed by atoms with Gasteiger partial charge in [0.15, 0.2) is 0 Å². The number of likely N-dealkylation sites (tertiary alicyclic amines) is 1. The second-order valence-electron chi connectivity index (χ2n) is 7.99. The molecule has 0 bridgehead atoms. The Kier molecular flexibility index (Phi) is 11.3. The minimum absolute atomic E-state index is 0.193. The molecule has 11 heteroatoms. The van der Waals surface area contributed by atoms with Gasteiger partial charge in [0.1, 0.15) is 18.1 Å². The summed E-state index contributed by atoms with van der Waals surface area (Å²) in [5.41, 5.74) is 1.83. The molecule has 2 heterocycles. The Balaban J connectivity index is 1.68. The van der Waals surface area contributed by atoms with Crippen LogP contribution in [0.5, 0.6) is 0 Å². The molecular weight excluding hydrogens is 426 g/mol. The fourth-order valence-corrected chi connectivity index (χ4v) is 4.03. The second kappa shape index (κ2) is 14.2. The number of unbranched alkanes of at least 4 members (excludes halogenated alkanes) is 3. The Hall–Kier alpha value is -3.05. The maximum atomic E-state index is 11.2. The minimum Gasteiger partial charge on any atom is -0.395 e. The van der Waals surface area contributed by atoms with Gasteiger partial charge in [0.05, 0.1) is 19.0 Å². The lowest BCUT2D eigenvalue weighted by atomic mass is 9.89. The van der Waals surface area contributed by atoms with Gasteiger partial charge in [-0.25, -0.2) is 4.98 Å². The van der Waals surface area contributed by atoms with Gasteiger partial charge in [-0.2, -0.15) is 14.7 Å². The van der Waals surface area contributed by atoms with Gasteiger partial charge in [-0.05, 0) is 38.5 Å². The van der Waals surface area contributed by atoms with Crippen molar-refractivity contribution < 1.29 is 5.11 Å². The van der Waals surface area contributed by atoms with Crippen LogP contribution in [0.25, 0.3) is 5.70 Å². The number of imidazole rings is 1. The first kappa shape index (κ1) is 26.2. The molecule has 2 N–H and O–H groups in total. The Bertz CT molecular complexity index is 825. The second-order valence-corrected chi connectivity index (χ2v) is 7.99. The first-order valence-corrected chi connectivity index (χ1v) is 11.2. The number of aromatic nitrogens is 2. The van der Waals surface area contributed by atoms with Gasteiger partial charge in [0, 0.05) is 36.9 Å². The number of nitrogens with one attached hydrogen (secondary N) is 1. The Morgan fingerprint density at radius 2 is 1.91 bits per heavy atom. The molecule has 1 aliphatic heterocycles. The SMILES string of the molecule is C=C(/C=C\C(=C/C)n1ccnc1)NCCCCCCN1C[C@H](N=O)C(N=O)C(N=O)[C@H]1CO. The predicted octanol–water partition coefficient (Wildman–Crippen LogP) is 3.05. The molecule has 1 fully saturated rings. The molecule has 0 amide bonds. The summed E-state index contributed by atoms with van der Waals surface area (Å²) in [5.74, 6) is 0. The lowest BCUT2D eigenvalue weighted by Crippen LogP contribution is -2.60. The van der Waals surface area contributed by atoms with Crippen LogP contribution in [-0.2, 0) is 0 Å². The number of rotatable bonds is 15. The van der Waals surface area contributed by atoms with E-state index in [1.54, 1.807) is 12.5 Å². The van der Waals surface area contributed by atoms with Gasteiger partial charge in [-0.3, -0.25) is 4.90 Å². The molecule has 2 unspecified atom stereocenters. The average Bonchev–Trinajstić information content (AvgIpc) is 3.37. The van der Waals surface area contributed by atoms with Gasteiger partial charge < -0.3 is 15.0 Å². The summed E-state index contributed by atoms with van der Waals surface area (Å²) in [6, 6.07) is -3.73. The van der Waals surface area contributed by atoms with Crippen molar-refractivity contribution in [2.24, 2.45) is 15.5 Å². The maximum Gasteiger partial charge on any atom is 0.146 e. The molecule has 0 aromatic carbocycles. The zero-order valence-electron chi connectivity index (χ0n) is 19.0. The highest BCUT2D eigenvalue weighted by Crippen LogP contribution is 2.26. The van der Waals surface area contributed by atoms with Crippen LogP contribution >= 0.6 is 0 Å². The van der Waals surface area contributed by atoms with Crippen molar-refractivity contribution in [1.82, 2.24) is 19.8 Å². The van der Waals surface area contributed by atoms with Crippen LogP contribution in [-0.4, -0.2) is 70.0 Å². The zero-order valence-corrected chi connectivity index (χ0v) is 19.0. The molecule has 1 aromatic rings. The standard InChI is InChI=1S/C22H33N7O4/c1-3-18(29-13-11-23-16-29)9-8-17(2)24-10-6-4-5-7-12-28-14-19(25-31)21(26-32)22(27-33)20(28)15-30/h3,8-9,11,13,16,19-22,24,30H,2,4-7,10,12,14-15H2,1H3/b9-8-,18-3+/t19-,20+,21?,22?/m0/s1. The lowest BCUT2D eigenvalue weighted by Gasteiger charge is -2.41. The third-order valence-electron chi connectivity index (χ3n) is 5.87. The summed E-state index contributed by atoms with van der Waals surface area (Å²) >= 11 is 0. The molecule has 1 saturated heterocycles. The Morgan fingerprint density at radius 1 is 1.15 bits per heavy atom. The molecule has 1 aliphatic rings. The van der Waals surface area contributed by atoms with Gasteiger partial charge in [-0.1, -0.05) is 41.0 Å². The normalized spacial score (nSPS) is 24.0. The number of hydrogen-bond donors (Lipinski definition) is 2. The molecule has 11 nitrogen and oxygen atoms in total. The molecule has 4 atom stereocenters. The van der Waals surface area contributed by atoms with Crippen LogP contribution in [0.3, 0.4) is 0 Å². The smallest absolute Gasteiger partial charge is 0.146 e. The van der Waals surface area contributed by atoms with Crippen molar-refractivity contribution in [3.8, 4) is 0 Å². The fourth-order valence-electron chi connectivity index (χ4n) is 4.03. The topological polar surface area (TPSA) is 142 Å². The van der Waals surface area contributed by atoms with E-state index in [0.29, 0.717) is 6.54 Å². The molecular formula is C22H33N7O4. The average molecular weight is 460 g/mol. The van der Waals surface area contributed by atoms with Crippen molar-refractivity contribution in [1.29, 1.82) is 0 Å². The van der Waals surface area contributed by atoms with Gasteiger partial charge in [-0.15, -0.1) is 0 Å². The number of aliphatic hydroxyl groups is 1. The van der Waals surface area contributed by atoms with E-state index in [9.17, 15) is 19.8 Å². The summed E-state index contributed by atoms with van der Waals surface area (Å²) in [7, 11) is 0. The van der Waals surface area contributed by atoms with Crippen LogP contribution in [0.15, 0.2) is 64.8 Å². The van der Waals surface area contributed by atoms with Gasteiger partial charge >= 0.3 is 0 Å². The summed E-state index contributed by atoms with van der Waals surface area (Å²) in [5, 5.41) is 21.8. The van der Waals surface area contributed by atoms with E-state index < -0.39 is 24.2 Å². The third kappa shape index (κ3) is 7.50. The van der Waals surface area contributed by atoms with E-state index in [1.807, 2.05) is 40.8 Å². The highest BCUT2D eigenvalue weighted by Gasteiger charge is 2.46. The quantitative estimate of drug-likeness (QED) is 0.233. The first-order chi connectivity index (χ1) is 16.1. The molecule has 0 radical (unpaired) electrons. The molecule has 180 valence electrons. The van der Waals surface area contributed by atoms with E-state index in [1.165, 1.54) is 0 Å². The van der Waals surface area contributed by atoms with Crippen LogP contribution in [0.1, 0.15) is 32.6 Å². The molecule has 0 saturated carbocycles. The first-order valence-electron chi connectivity index (χ1n) is 11.2. The van der Waals surface area contributed by atoms with E-state index in [4.69, 9.17) is 0 Å². The molecule has 0 aliphatic carbocycles. The monoisotopic (exact) mass is 459 g/mol. The summed E-state index contributed by atoms with van der Waals surface area (Å²) < 4.78 is 1.92. The van der Waals surface area contributed by atoms with Crippen molar-refractivity contribution in [2.45, 2.75) is 56.8 Å². The minimum atomic E-state index is -1.12. The van der Waals surface area contributed by atoms with E-state index >= 15 is 0 Å². The molecule has 1 aromatic heterocycles. The third-order valence-corrected chi connectivity index (χ3v) is 5.87. The van der Waals surface area contributed by atoms with Crippen LogP contribution in [0.2, 0.25) is 0 Å². The Morgan fingerprint density at radius 3 is 2.52 bits per heavy atom. The van der Waals surface area contributed by atoms with Crippen molar-refractivity contribution >= 4 is 5.70 Å². The molecule has 33 heavy (non-hydrogen) atoms. The highest BCUT2D eigenvalue weighted by atomic mass is 16.3.